The van der Waals surface area contributed by atoms with Gasteiger partial charge in [0.2, 0.25) is 10.0 Å². The quantitative estimate of drug-likeness (QED) is 0.783. The smallest absolute Gasteiger partial charge is 0.207 e. The second kappa shape index (κ2) is 5.49. The van der Waals surface area contributed by atoms with Crippen molar-refractivity contribution in [2.45, 2.75) is 24.1 Å². The number of hydrogen-bond donors (Lipinski definition) is 0. The Hall–Kier alpha value is -0.100. The normalized spacial score (nSPS) is 21.4. The van der Waals surface area contributed by atoms with E-state index in [9.17, 15) is 8.42 Å². The fourth-order valence-electron chi connectivity index (χ4n) is 2.09. The topological polar surface area (TPSA) is 37.4 Å². The molecule has 0 amide bonds. The van der Waals surface area contributed by atoms with Gasteiger partial charge in [0, 0.05) is 23.4 Å². The number of nitrogens with zero attached hydrogens (tertiary/aromatic N) is 1. The van der Waals surface area contributed by atoms with Crippen molar-refractivity contribution in [3.05, 3.63) is 28.2 Å². The molecule has 0 spiro atoms. The molecule has 0 bridgehead atoms. The molecule has 1 aliphatic rings. The van der Waals surface area contributed by atoms with Gasteiger partial charge in [0.1, 0.15) is 0 Å². The summed E-state index contributed by atoms with van der Waals surface area (Å²) in [4.78, 5) is 0.325. The minimum absolute atomic E-state index is 0.325. The monoisotopic (exact) mass is 351 g/mol. The number of rotatable bonds is 3. The number of halogens is 2. The van der Waals surface area contributed by atoms with Crippen LogP contribution in [0.2, 0.25) is 0 Å². The second-order valence-corrected chi connectivity index (χ2v) is 7.68. The summed E-state index contributed by atoms with van der Waals surface area (Å²) in [5.41, 5.74) is 0.900. The molecule has 1 aromatic carbocycles. The molecule has 18 heavy (non-hydrogen) atoms. The predicted octanol–water partition coefficient (Wildman–Crippen LogP) is 3.22. The van der Waals surface area contributed by atoms with Gasteiger partial charge in [-0.2, -0.15) is 4.31 Å². The van der Waals surface area contributed by atoms with E-state index >= 15 is 0 Å². The zero-order valence-electron chi connectivity index (χ0n) is 10.1. The first-order chi connectivity index (χ1) is 8.45. The number of sulfonamides is 1. The summed E-state index contributed by atoms with van der Waals surface area (Å²) < 4.78 is 27.1. The van der Waals surface area contributed by atoms with E-state index in [1.165, 1.54) is 0 Å². The lowest BCUT2D eigenvalue weighted by molar-refractivity contribution is 0.464. The average Bonchev–Trinajstić information content (AvgIpc) is 2.76. The molecule has 1 fully saturated rings. The van der Waals surface area contributed by atoms with Gasteiger partial charge < -0.3 is 0 Å². The maximum absolute atomic E-state index is 12.5. The molecule has 0 aliphatic carbocycles. The Morgan fingerprint density at radius 3 is 2.72 bits per heavy atom. The van der Waals surface area contributed by atoms with Gasteiger partial charge in [-0.3, -0.25) is 0 Å². The highest BCUT2D eigenvalue weighted by atomic mass is 79.9. The van der Waals surface area contributed by atoms with Crippen molar-refractivity contribution in [2.75, 3.05) is 13.1 Å². The van der Waals surface area contributed by atoms with Gasteiger partial charge in [0.25, 0.3) is 0 Å². The Kier molecular flexibility index (Phi) is 4.36. The van der Waals surface area contributed by atoms with Crippen LogP contribution >= 0.6 is 27.5 Å². The maximum atomic E-state index is 12.5. The van der Waals surface area contributed by atoms with Crippen LogP contribution in [0, 0.1) is 5.92 Å². The summed E-state index contributed by atoms with van der Waals surface area (Å²) in [5.74, 6) is 0.806. The number of hydrogen-bond acceptors (Lipinski definition) is 2. The number of alkyl halides is 1. The third kappa shape index (κ3) is 2.74. The van der Waals surface area contributed by atoms with Gasteiger partial charge in [0.15, 0.2) is 0 Å². The van der Waals surface area contributed by atoms with E-state index in [1.807, 2.05) is 0 Å². The van der Waals surface area contributed by atoms with Crippen molar-refractivity contribution in [3.8, 4) is 0 Å². The fraction of sp³-hybridized carbons (Fsp3) is 0.500. The minimum Gasteiger partial charge on any atom is -0.207 e. The molecule has 1 unspecified atom stereocenters. The van der Waals surface area contributed by atoms with Gasteiger partial charge in [0.05, 0.1) is 4.90 Å². The summed E-state index contributed by atoms with van der Waals surface area (Å²) in [6, 6.07) is 5.14. The van der Waals surface area contributed by atoms with Crippen LogP contribution in [0.25, 0.3) is 0 Å². The second-order valence-electron chi connectivity index (χ2n) is 4.66. The molecular formula is C12H15BrClNO2S. The van der Waals surface area contributed by atoms with Crippen molar-refractivity contribution in [3.63, 3.8) is 0 Å². The van der Waals surface area contributed by atoms with Crippen LogP contribution in [-0.2, 0) is 15.9 Å². The highest BCUT2D eigenvalue weighted by Crippen LogP contribution is 2.29. The zero-order valence-corrected chi connectivity index (χ0v) is 13.2. The van der Waals surface area contributed by atoms with Crippen LogP contribution in [0.4, 0.5) is 0 Å². The Morgan fingerprint density at radius 2 is 2.22 bits per heavy atom. The summed E-state index contributed by atoms with van der Waals surface area (Å²) in [6.07, 6.45) is 0.927. The predicted molar refractivity (Wildman–Crippen MR) is 76.2 cm³/mol. The van der Waals surface area contributed by atoms with Crippen LogP contribution in [0.5, 0.6) is 0 Å². The van der Waals surface area contributed by atoms with Gasteiger partial charge in [-0.1, -0.05) is 13.0 Å². The summed E-state index contributed by atoms with van der Waals surface area (Å²) in [7, 11) is -3.38. The van der Waals surface area contributed by atoms with Crippen LogP contribution < -0.4 is 0 Å². The summed E-state index contributed by atoms with van der Waals surface area (Å²) in [6.45, 7) is 3.28. The lowest BCUT2D eigenvalue weighted by Gasteiger charge is -2.17. The standard InChI is InChI=1S/C12H15BrClNO2S/c1-9-4-5-15(8-9)18(16,17)12-3-2-10(7-14)6-11(12)13/h2-3,6,9H,4-5,7-8H2,1H3. The molecule has 2 rings (SSSR count). The van der Waals surface area contributed by atoms with Gasteiger partial charge in [-0.15, -0.1) is 11.6 Å². The SMILES string of the molecule is CC1CCN(S(=O)(=O)c2ccc(CCl)cc2Br)C1. The zero-order chi connectivity index (χ0) is 13.3. The summed E-state index contributed by atoms with van der Waals surface area (Å²) >= 11 is 9.05. The molecule has 1 saturated heterocycles. The lowest BCUT2D eigenvalue weighted by atomic mass is 10.2. The highest BCUT2D eigenvalue weighted by molar-refractivity contribution is 9.10. The first kappa shape index (κ1) is 14.3. The number of benzene rings is 1. The van der Waals surface area contributed by atoms with Gasteiger partial charge >= 0.3 is 0 Å². The van der Waals surface area contributed by atoms with Crippen LogP contribution in [0.1, 0.15) is 18.9 Å². The van der Waals surface area contributed by atoms with Crippen molar-refractivity contribution in [1.29, 1.82) is 0 Å². The molecule has 0 N–H and O–H groups in total. The summed E-state index contributed by atoms with van der Waals surface area (Å²) in [5, 5.41) is 0. The molecule has 3 nitrogen and oxygen atoms in total. The van der Waals surface area contributed by atoms with E-state index in [0.717, 1.165) is 12.0 Å². The molecule has 1 atom stereocenters. The van der Waals surface area contributed by atoms with E-state index in [1.54, 1.807) is 22.5 Å². The van der Waals surface area contributed by atoms with Gasteiger partial charge in [-0.25, -0.2) is 8.42 Å². The van der Waals surface area contributed by atoms with E-state index in [-0.39, 0.29) is 0 Å². The molecule has 0 radical (unpaired) electrons. The first-order valence-electron chi connectivity index (χ1n) is 5.79. The molecule has 0 aromatic heterocycles. The first-order valence-corrected chi connectivity index (χ1v) is 8.56. The molecule has 0 saturated carbocycles. The third-order valence-corrected chi connectivity index (χ3v) is 6.31. The van der Waals surface area contributed by atoms with E-state index in [0.29, 0.717) is 34.3 Å². The van der Waals surface area contributed by atoms with Crippen molar-refractivity contribution >= 4 is 37.6 Å². The Morgan fingerprint density at radius 1 is 1.50 bits per heavy atom. The van der Waals surface area contributed by atoms with Crippen LogP contribution in [0.15, 0.2) is 27.6 Å². The lowest BCUT2D eigenvalue weighted by Crippen LogP contribution is -2.28. The van der Waals surface area contributed by atoms with E-state index in [2.05, 4.69) is 22.9 Å². The van der Waals surface area contributed by atoms with Crippen molar-refractivity contribution in [1.82, 2.24) is 4.31 Å². The Labute approximate surface area is 121 Å². The van der Waals surface area contributed by atoms with Crippen LogP contribution in [0.3, 0.4) is 0 Å². The molecule has 6 heteroatoms. The minimum atomic E-state index is -3.38. The Bertz CT molecular complexity index is 547. The average molecular weight is 353 g/mol. The maximum Gasteiger partial charge on any atom is 0.244 e. The largest absolute Gasteiger partial charge is 0.244 e. The fourth-order valence-corrected chi connectivity index (χ4v) is 4.91. The highest BCUT2D eigenvalue weighted by Gasteiger charge is 2.31. The Balaban J connectivity index is 2.36. The third-order valence-electron chi connectivity index (χ3n) is 3.16. The van der Waals surface area contributed by atoms with E-state index in [4.69, 9.17) is 11.6 Å². The molecule has 1 aromatic rings. The van der Waals surface area contributed by atoms with Crippen LogP contribution in [-0.4, -0.2) is 25.8 Å². The van der Waals surface area contributed by atoms with Crippen molar-refractivity contribution in [2.24, 2.45) is 5.92 Å². The molecule has 100 valence electrons. The van der Waals surface area contributed by atoms with E-state index < -0.39 is 10.0 Å². The molecule has 1 heterocycles. The molecular weight excluding hydrogens is 338 g/mol. The molecule has 1 aliphatic heterocycles. The van der Waals surface area contributed by atoms with Gasteiger partial charge in [-0.05, 0) is 46.0 Å². The van der Waals surface area contributed by atoms with Crippen molar-refractivity contribution < 1.29 is 8.42 Å².